The Morgan fingerprint density at radius 1 is 1.15 bits per heavy atom. The molecule has 0 aliphatic carbocycles. The molecule has 72 valence electrons. The van der Waals surface area contributed by atoms with Crippen LogP contribution < -0.4 is 0 Å². The van der Waals surface area contributed by atoms with Crippen LogP contribution >= 0.6 is 31.9 Å². The molecule has 1 aromatic rings. The molecule has 0 amide bonds. The molecule has 0 fully saturated rings. The number of alkyl halides is 2. The van der Waals surface area contributed by atoms with Gasteiger partial charge in [-0.1, -0.05) is 62.2 Å². The van der Waals surface area contributed by atoms with Gasteiger partial charge in [0.2, 0.25) is 0 Å². The molecule has 13 heavy (non-hydrogen) atoms. The number of halogens is 2. The molecule has 0 bridgehead atoms. The Hall–Kier alpha value is 0.180. The summed E-state index contributed by atoms with van der Waals surface area (Å²) in [5.41, 5.74) is 1.44. The molecule has 0 heterocycles. The Morgan fingerprint density at radius 2 is 1.85 bits per heavy atom. The second kappa shape index (κ2) is 6.61. The van der Waals surface area contributed by atoms with E-state index in [1.54, 1.807) is 0 Å². The summed E-state index contributed by atoms with van der Waals surface area (Å²) < 4.78 is 0. The van der Waals surface area contributed by atoms with Crippen molar-refractivity contribution in [2.45, 2.75) is 24.1 Å². The van der Waals surface area contributed by atoms with Crippen molar-refractivity contribution in [1.82, 2.24) is 0 Å². The van der Waals surface area contributed by atoms with E-state index >= 15 is 0 Å². The molecule has 0 nitrogen and oxygen atoms in total. The lowest BCUT2D eigenvalue weighted by Gasteiger charge is -2.05. The second-order valence-corrected chi connectivity index (χ2v) is 5.07. The summed E-state index contributed by atoms with van der Waals surface area (Å²) in [6.07, 6.45) is 3.68. The highest BCUT2D eigenvalue weighted by Crippen LogP contribution is 2.13. The van der Waals surface area contributed by atoms with E-state index in [9.17, 15) is 0 Å². The van der Waals surface area contributed by atoms with Gasteiger partial charge in [-0.2, -0.15) is 0 Å². The highest BCUT2D eigenvalue weighted by atomic mass is 79.9. The number of benzene rings is 1. The van der Waals surface area contributed by atoms with Gasteiger partial charge in [-0.15, -0.1) is 0 Å². The maximum atomic E-state index is 3.60. The van der Waals surface area contributed by atoms with E-state index < -0.39 is 0 Å². The standard InChI is InChI=1S/C11H14Br2/c12-9-11(13)8-4-7-10-5-2-1-3-6-10/h1-3,5-6,11H,4,7-9H2. The topological polar surface area (TPSA) is 0 Å². The van der Waals surface area contributed by atoms with Crippen LogP contribution in [0.2, 0.25) is 0 Å². The summed E-state index contributed by atoms with van der Waals surface area (Å²) in [6, 6.07) is 10.7. The van der Waals surface area contributed by atoms with Crippen LogP contribution in [0.25, 0.3) is 0 Å². The van der Waals surface area contributed by atoms with E-state index in [1.165, 1.54) is 24.8 Å². The molecule has 0 radical (unpaired) electrons. The van der Waals surface area contributed by atoms with Crippen molar-refractivity contribution < 1.29 is 0 Å². The number of hydrogen-bond donors (Lipinski definition) is 0. The maximum absolute atomic E-state index is 3.60. The smallest absolute Gasteiger partial charge is 0.0242 e. The van der Waals surface area contributed by atoms with E-state index in [1.807, 2.05) is 0 Å². The average molecular weight is 306 g/mol. The molecule has 0 N–H and O–H groups in total. The zero-order valence-corrected chi connectivity index (χ0v) is 10.7. The summed E-state index contributed by atoms with van der Waals surface area (Å²) in [4.78, 5) is 0.621. The van der Waals surface area contributed by atoms with E-state index in [-0.39, 0.29) is 0 Å². The van der Waals surface area contributed by atoms with Crippen molar-refractivity contribution in [3.8, 4) is 0 Å². The summed E-state index contributed by atoms with van der Waals surface area (Å²) in [5.74, 6) is 0. The lowest BCUT2D eigenvalue weighted by atomic mass is 10.1. The number of hydrogen-bond acceptors (Lipinski definition) is 0. The van der Waals surface area contributed by atoms with Crippen molar-refractivity contribution in [1.29, 1.82) is 0 Å². The van der Waals surface area contributed by atoms with Crippen molar-refractivity contribution in [3.05, 3.63) is 35.9 Å². The molecular weight excluding hydrogens is 292 g/mol. The van der Waals surface area contributed by atoms with Crippen LogP contribution in [0.3, 0.4) is 0 Å². The third-order valence-electron chi connectivity index (χ3n) is 1.99. The molecule has 1 aromatic carbocycles. The molecule has 1 unspecified atom stereocenters. The van der Waals surface area contributed by atoms with Gasteiger partial charge in [0.05, 0.1) is 0 Å². The fourth-order valence-corrected chi connectivity index (χ4v) is 1.90. The zero-order chi connectivity index (χ0) is 9.52. The first-order valence-corrected chi connectivity index (χ1v) is 6.60. The monoisotopic (exact) mass is 304 g/mol. The van der Waals surface area contributed by atoms with E-state index in [4.69, 9.17) is 0 Å². The minimum absolute atomic E-state index is 0.621. The van der Waals surface area contributed by atoms with E-state index in [2.05, 4.69) is 62.2 Å². The summed E-state index contributed by atoms with van der Waals surface area (Å²) in [5, 5.41) is 1.04. The van der Waals surface area contributed by atoms with Gasteiger partial charge in [-0.25, -0.2) is 0 Å². The minimum atomic E-state index is 0.621. The quantitative estimate of drug-likeness (QED) is 0.716. The van der Waals surface area contributed by atoms with Crippen molar-refractivity contribution >= 4 is 31.9 Å². The Labute approximate surface area is 97.0 Å². The first-order chi connectivity index (χ1) is 6.33. The van der Waals surface area contributed by atoms with Crippen LogP contribution in [-0.4, -0.2) is 10.2 Å². The van der Waals surface area contributed by atoms with Gasteiger partial charge in [0.25, 0.3) is 0 Å². The van der Waals surface area contributed by atoms with E-state index in [0.29, 0.717) is 4.83 Å². The van der Waals surface area contributed by atoms with Crippen LogP contribution in [0.5, 0.6) is 0 Å². The molecule has 0 saturated carbocycles. The molecule has 1 atom stereocenters. The molecular formula is C11H14Br2. The molecule has 1 rings (SSSR count). The summed E-state index contributed by atoms with van der Waals surface area (Å²) >= 11 is 7.06. The van der Waals surface area contributed by atoms with Crippen LogP contribution in [-0.2, 0) is 6.42 Å². The SMILES string of the molecule is BrCC(Br)CCCc1ccccc1. The fourth-order valence-electron chi connectivity index (χ4n) is 1.25. The Kier molecular flexibility index (Phi) is 5.72. The molecule has 0 aliphatic rings. The summed E-state index contributed by atoms with van der Waals surface area (Å²) in [6.45, 7) is 0. The zero-order valence-electron chi connectivity index (χ0n) is 7.55. The normalized spacial score (nSPS) is 12.8. The van der Waals surface area contributed by atoms with Crippen molar-refractivity contribution in [2.75, 3.05) is 5.33 Å². The van der Waals surface area contributed by atoms with Gasteiger partial charge in [0.15, 0.2) is 0 Å². The number of rotatable bonds is 5. The minimum Gasteiger partial charge on any atom is -0.0916 e. The molecule has 0 aromatic heterocycles. The highest BCUT2D eigenvalue weighted by molar-refractivity contribution is 9.12. The fraction of sp³-hybridized carbons (Fsp3) is 0.455. The molecule has 2 heteroatoms. The molecule has 0 spiro atoms. The Bertz CT molecular complexity index is 221. The van der Waals surface area contributed by atoms with Gasteiger partial charge < -0.3 is 0 Å². The first kappa shape index (κ1) is 11.3. The Morgan fingerprint density at radius 3 is 2.46 bits per heavy atom. The van der Waals surface area contributed by atoms with Crippen molar-refractivity contribution in [2.24, 2.45) is 0 Å². The highest BCUT2D eigenvalue weighted by Gasteiger charge is 2.00. The van der Waals surface area contributed by atoms with Crippen LogP contribution in [0.15, 0.2) is 30.3 Å². The van der Waals surface area contributed by atoms with Crippen LogP contribution in [0.4, 0.5) is 0 Å². The van der Waals surface area contributed by atoms with Gasteiger partial charge in [0, 0.05) is 10.2 Å². The van der Waals surface area contributed by atoms with E-state index in [0.717, 1.165) is 5.33 Å². The third kappa shape index (κ3) is 4.82. The van der Waals surface area contributed by atoms with Gasteiger partial charge in [0.1, 0.15) is 0 Å². The lowest BCUT2D eigenvalue weighted by Crippen LogP contribution is -1.99. The van der Waals surface area contributed by atoms with Gasteiger partial charge in [-0.05, 0) is 24.8 Å². The van der Waals surface area contributed by atoms with Crippen molar-refractivity contribution in [3.63, 3.8) is 0 Å². The Balaban J connectivity index is 2.20. The lowest BCUT2D eigenvalue weighted by molar-refractivity contribution is 0.742. The predicted octanol–water partition coefficient (Wildman–Crippen LogP) is 4.17. The van der Waals surface area contributed by atoms with Crippen LogP contribution in [0.1, 0.15) is 18.4 Å². The van der Waals surface area contributed by atoms with Crippen LogP contribution in [0, 0.1) is 0 Å². The predicted molar refractivity (Wildman–Crippen MR) is 65.9 cm³/mol. The third-order valence-corrected chi connectivity index (χ3v) is 4.43. The first-order valence-electron chi connectivity index (χ1n) is 4.57. The summed E-state index contributed by atoms with van der Waals surface area (Å²) in [7, 11) is 0. The number of aryl methyl sites for hydroxylation is 1. The second-order valence-electron chi connectivity index (χ2n) is 3.13. The largest absolute Gasteiger partial charge is 0.0916 e. The van der Waals surface area contributed by atoms with Gasteiger partial charge >= 0.3 is 0 Å². The average Bonchev–Trinajstić information content (AvgIpc) is 2.19. The van der Waals surface area contributed by atoms with Gasteiger partial charge in [-0.3, -0.25) is 0 Å². The maximum Gasteiger partial charge on any atom is 0.0242 e. The molecule has 0 saturated heterocycles. The molecule has 0 aliphatic heterocycles.